The number of amides is 1. The monoisotopic (exact) mass is 453 g/mol. The molecule has 1 saturated carbocycles. The highest BCUT2D eigenvalue weighted by Gasteiger charge is 2.46. The zero-order valence-electron chi connectivity index (χ0n) is 18.7. The molecule has 3 atom stereocenters. The van der Waals surface area contributed by atoms with E-state index >= 15 is 0 Å². The lowest BCUT2D eigenvalue weighted by Gasteiger charge is -2.47. The quantitative estimate of drug-likeness (QED) is 0.446. The molecule has 0 radical (unpaired) electrons. The van der Waals surface area contributed by atoms with Crippen LogP contribution in [-0.4, -0.2) is 59.9 Å². The normalized spacial score (nSPS) is 21.1. The van der Waals surface area contributed by atoms with Crippen molar-refractivity contribution in [2.75, 3.05) is 20.3 Å². The molecular formula is C23H33F2N3O4. The van der Waals surface area contributed by atoms with Gasteiger partial charge in [-0.25, -0.2) is 13.8 Å². The van der Waals surface area contributed by atoms with E-state index in [1.54, 1.807) is 12.1 Å². The average Bonchev–Trinajstić information content (AvgIpc) is 2.69. The molecule has 1 aliphatic heterocycles. The first-order valence-corrected chi connectivity index (χ1v) is 11.0. The van der Waals surface area contributed by atoms with Crippen molar-refractivity contribution in [3.8, 4) is 5.88 Å². The number of nitrogens with zero attached hydrogens (tertiary/aromatic N) is 1. The van der Waals surface area contributed by atoms with Gasteiger partial charge >= 0.3 is 0 Å². The van der Waals surface area contributed by atoms with Gasteiger partial charge in [0.05, 0.1) is 12.1 Å². The predicted molar refractivity (Wildman–Crippen MR) is 116 cm³/mol. The first-order chi connectivity index (χ1) is 15.1. The summed E-state index contributed by atoms with van der Waals surface area (Å²) in [6.07, 6.45) is 5.75. The van der Waals surface area contributed by atoms with E-state index in [2.05, 4.69) is 22.2 Å². The van der Waals surface area contributed by atoms with Crippen LogP contribution in [0.2, 0.25) is 0 Å². The summed E-state index contributed by atoms with van der Waals surface area (Å²) in [6.45, 7) is 4.67. The van der Waals surface area contributed by atoms with Gasteiger partial charge in [-0.3, -0.25) is 4.79 Å². The topological polar surface area (TPSA) is 92.7 Å². The molecule has 178 valence electrons. The van der Waals surface area contributed by atoms with Crippen LogP contribution in [0.4, 0.5) is 8.78 Å². The number of aromatic nitrogens is 1. The Hall–Kier alpha value is -2.10. The van der Waals surface area contributed by atoms with Crippen molar-refractivity contribution in [2.45, 2.75) is 75.2 Å². The maximum Gasteiger partial charge on any atom is 0.249 e. The number of carbonyl (C=O) groups is 1. The summed E-state index contributed by atoms with van der Waals surface area (Å²) in [5, 5.41) is 16.8. The van der Waals surface area contributed by atoms with Gasteiger partial charge in [0.15, 0.2) is 0 Å². The van der Waals surface area contributed by atoms with E-state index in [4.69, 9.17) is 9.47 Å². The molecule has 1 aliphatic carbocycles. The summed E-state index contributed by atoms with van der Waals surface area (Å²) < 4.78 is 38.1. The van der Waals surface area contributed by atoms with Crippen LogP contribution in [0.5, 0.6) is 5.88 Å². The van der Waals surface area contributed by atoms with Crippen LogP contribution in [0.1, 0.15) is 56.2 Å². The second kappa shape index (κ2) is 10.2. The Morgan fingerprint density at radius 3 is 2.88 bits per heavy atom. The van der Waals surface area contributed by atoms with Gasteiger partial charge < -0.3 is 25.2 Å². The van der Waals surface area contributed by atoms with Crippen LogP contribution in [0, 0.1) is 0 Å². The maximum absolute atomic E-state index is 13.5. The molecule has 3 rings (SSSR count). The largest absolute Gasteiger partial charge is 0.471 e. The number of pyridine rings is 1. The number of hydrogen-bond acceptors (Lipinski definition) is 6. The van der Waals surface area contributed by atoms with Crippen LogP contribution < -0.4 is 15.4 Å². The Kier molecular flexibility index (Phi) is 7.84. The van der Waals surface area contributed by atoms with E-state index in [0.717, 1.165) is 31.7 Å². The third-order valence-corrected chi connectivity index (χ3v) is 6.06. The van der Waals surface area contributed by atoms with Crippen molar-refractivity contribution in [3.05, 3.63) is 36.0 Å². The first kappa shape index (κ1) is 24.5. The highest BCUT2D eigenvalue weighted by atomic mass is 19.3. The summed E-state index contributed by atoms with van der Waals surface area (Å²) in [5.41, 5.74) is 0.861. The number of aliphatic hydroxyl groups is 1. The summed E-state index contributed by atoms with van der Waals surface area (Å²) >= 11 is 0. The van der Waals surface area contributed by atoms with E-state index in [1.807, 2.05) is 0 Å². The Morgan fingerprint density at radius 2 is 2.28 bits per heavy atom. The molecule has 3 N–H and O–H groups in total. The van der Waals surface area contributed by atoms with Gasteiger partial charge in [-0.2, -0.15) is 0 Å². The molecule has 2 aliphatic rings. The van der Waals surface area contributed by atoms with E-state index in [9.17, 15) is 18.7 Å². The summed E-state index contributed by atoms with van der Waals surface area (Å²) in [7, 11) is 1.43. The minimum absolute atomic E-state index is 0.0971. The number of methoxy groups -OCH3 is 1. The molecule has 9 heteroatoms. The number of ether oxygens (including phenoxy) is 2. The van der Waals surface area contributed by atoms with Crippen LogP contribution in [0.15, 0.2) is 24.9 Å². The second-order valence-electron chi connectivity index (χ2n) is 8.99. The number of halogens is 2. The van der Waals surface area contributed by atoms with E-state index in [0.29, 0.717) is 24.3 Å². The van der Waals surface area contributed by atoms with Gasteiger partial charge in [-0.1, -0.05) is 6.08 Å². The zero-order valence-corrected chi connectivity index (χ0v) is 18.7. The van der Waals surface area contributed by atoms with Crippen molar-refractivity contribution in [2.24, 2.45) is 0 Å². The van der Waals surface area contributed by atoms with Gasteiger partial charge in [0.1, 0.15) is 12.2 Å². The van der Waals surface area contributed by atoms with Gasteiger partial charge in [-0.15, -0.1) is 6.58 Å². The lowest BCUT2D eigenvalue weighted by molar-refractivity contribution is -0.126. The third kappa shape index (κ3) is 6.24. The van der Waals surface area contributed by atoms with Crippen molar-refractivity contribution >= 4 is 5.91 Å². The Morgan fingerprint density at radius 1 is 1.53 bits per heavy atom. The molecule has 1 amide bonds. The lowest BCUT2D eigenvalue weighted by Crippen LogP contribution is -2.52. The Balaban J connectivity index is 1.73. The van der Waals surface area contributed by atoms with Crippen molar-refractivity contribution in [1.29, 1.82) is 0 Å². The first-order valence-electron chi connectivity index (χ1n) is 11.0. The molecule has 7 nitrogen and oxygen atoms in total. The molecule has 1 aromatic heterocycles. The molecule has 32 heavy (non-hydrogen) atoms. The molecule has 0 saturated heterocycles. The molecule has 0 aromatic carbocycles. The average molecular weight is 454 g/mol. The zero-order chi connectivity index (χ0) is 23.4. The minimum atomic E-state index is -2.84. The van der Waals surface area contributed by atoms with Gasteiger partial charge in [-0.05, 0) is 44.2 Å². The predicted octanol–water partition coefficient (Wildman–Crippen LogP) is 2.68. The summed E-state index contributed by atoms with van der Waals surface area (Å²) in [6, 6.07) is 0.991. The minimum Gasteiger partial charge on any atom is -0.471 e. The SMILES string of the molecule is C=CC[C@H](NC(=O)COC)[C@H](O)CNC1CC2(CCC2)Oc2ncc(CC(C)(F)F)cc21. The Bertz CT molecular complexity index is 811. The smallest absolute Gasteiger partial charge is 0.249 e. The standard InChI is InChI=1S/C23H33F2N3O4/c1-4-6-17(28-20(30)14-31-3)19(29)13-26-18-11-23(7-5-8-23)32-21-16(18)9-15(12-27-21)10-22(2,24)25/h4,9,12,17-19,26,29H,1,5-8,10-11,13-14H2,2-3H3,(H,28,30)/t17-,18?,19+/m0/s1. The van der Waals surface area contributed by atoms with Crippen LogP contribution >= 0.6 is 0 Å². The van der Waals surface area contributed by atoms with E-state index in [-0.39, 0.29) is 30.7 Å². The Labute approximate surface area is 187 Å². The molecular weight excluding hydrogens is 420 g/mol. The van der Waals surface area contributed by atoms with E-state index < -0.39 is 24.5 Å². The van der Waals surface area contributed by atoms with Crippen molar-refractivity contribution in [1.82, 2.24) is 15.6 Å². The number of hydrogen-bond donors (Lipinski definition) is 3. The van der Waals surface area contributed by atoms with Crippen molar-refractivity contribution < 1.29 is 28.2 Å². The van der Waals surface area contributed by atoms with Gasteiger partial charge in [0.2, 0.25) is 17.7 Å². The lowest BCUT2D eigenvalue weighted by atomic mass is 9.73. The summed E-state index contributed by atoms with van der Waals surface area (Å²) in [5.74, 6) is -2.70. The fourth-order valence-corrected chi connectivity index (χ4v) is 4.37. The molecule has 2 heterocycles. The molecule has 1 fully saturated rings. The number of alkyl halides is 2. The van der Waals surface area contributed by atoms with Gasteiger partial charge in [0, 0.05) is 44.3 Å². The fourth-order valence-electron chi connectivity index (χ4n) is 4.37. The highest BCUT2D eigenvalue weighted by Crippen LogP contribution is 2.48. The van der Waals surface area contributed by atoms with Crippen molar-refractivity contribution in [3.63, 3.8) is 0 Å². The fraction of sp³-hybridized carbons (Fsp3) is 0.652. The number of aliphatic hydroxyl groups excluding tert-OH is 1. The second-order valence-corrected chi connectivity index (χ2v) is 8.99. The maximum atomic E-state index is 13.5. The van der Waals surface area contributed by atoms with Crippen LogP contribution in [-0.2, 0) is 16.0 Å². The highest BCUT2D eigenvalue weighted by molar-refractivity contribution is 5.77. The van der Waals surface area contributed by atoms with Crippen LogP contribution in [0.3, 0.4) is 0 Å². The molecule has 1 aromatic rings. The number of fused-ring (bicyclic) bond motifs is 1. The van der Waals surface area contributed by atoms with Gasteiger partial charge in [0.25, 0.3) is 0 Å². The molecule has 1 spiro atoms. The molecule has 0 bridgehead atoms. The summed E-state index contributed by atoms with van der Waals surface area (Å²) in [4.78, 5) is 16.2. The number of carbonyl (C=O) groups excluding carboxylic acids is 1. The molecule has 1 unspecified atom stereocenters. The van der Waals surface area contributed by atoms with Crippen LogP contribution in [0.25, 0.3) is 0 Å². The third-order valence-electron chi connectivity index (χ3n) is 6.06. The number of rotatable bonds is 11. The van der Waals surface area contributed by atoms with E-state index in [1.165, 1.54) is 13.3 Å². The number of nitrogens with one attached hydrogen (secondary N) is 2.